The molecule has 0 spiro atoms. The number of benzene rings is 2. The number of nitrogens with two attached hydrogens (primary N) is 1. The average Bonchev–Trinajstić information content (AvgIpc) is 2.50. The van der Waals surface area contributed by atoms with Crippen molar-refractivity contribution in [3.63, 3.8) is 0 Å². The van der Waals surface area contributed by atoms with Crippen molar-refractivity contribution in [3.8, 4) is 0 Å². The Hall–Kier alpha value is -2.04. The van der Waals surface area contributed by atoms with Gasteiger partial charge in [-0.1, -0.05) is 59.2 Å². The number of rotatable bonds is 5. The van der Waals surface area contributed by atoms with Gasteiger partial charge < -0.3 is 15.7 Å². The lowest BCUT2D eigenvalue weighted by molar-refractivity contribution is 0.110. The van der Waals surface area contributed by atoms with Crippen molar-refractivity contribution in [2.75, 3.05) is 6.61 Å². The third-order valence-corrected chi connectivity index (χ3v) is 3.05. The highest BCUT2D eigenvalue weighted by Crippen LogP contribution is 2.26. The van der Waals surface area contributed by atoms with Gasteiger partial charge in [-0.3, -0.25) is 0 Å². The molecule has 0 radical (unpaired) electrons. The van der Waals surface area contributed by atoms with E-state index in [-0.39, 0.29) is 18.5 Å². The molecule has 1 unspecified atom stereocenters. The van der Waals surface area contributed by atoms with Gasteiger partial charge in [-0.25, -0.2) is 0 Å². The van der Waals surface area contributed by atoms with Gasteiger partial charge in [0.1, 0.15) is 12.7 Å². The minimum absolute atomic E-state index is 0.0277. The Morgan fingerprint density at radius 2 is 1.70 bits per heavy atom. The molecule has 104 valence electrons. The van der Waals surface area contributed by atoms with Crippen LogP contribution in [0.2, 0.25) is 5.02 Å². The maximum Gasteiger partial charge on any atom is 0.165 e. The predicted molar refractivity (Wildman–Crippen MR) is 79.1 cm³/mol. The summed E-state index contributed by atoms with van der Waals surface area (Å²) in [7, 11) is 0. The van der Waals surface area contributed by atoms with E-state index in [2.05, 4.69) is 5.16 Å². The standard InChI is InChI=1S/C15H15ClN2O2/c16-13-8-6-12(7-9-13)15(20-10-14(17)18-19)11-4-2-1-3-5-11/h1-9,15,19H,10H2,(H2,17,18). The highest BCUT2D eigenvalue weighted by molar-refractivity contribution is 6.30. The van der Waals surface area contributed by atoms with Gasteiger partial charge in [0.2, 0.25) is 0 Å². The number of amidine groups is 1. The molecule has 2 aromatic carbocycles. The fraction of sp³-hybridized carbons (Fsp3) is 0.133. The summed E-state index contributed by atoms with van der Waals surface area (Å²) < 4.78 is 5.75. The number of hydrogen-bond donors (Lipinski definition) is 2. The summed E-state index contributed by atoms with van der Waals surface area (Å²) in [6.07, 6.45) is -0.297. The van der Waals surface area contributed by atoms with Crippen LogP contribution in [0.4, 0.5) is 0 Å². The lowest BCUT2D eigenvalue weighted by atomic mass is 10.0. The number of hydrogen-bond acceptors (Lipinski definition) is 3. The molecule has 0 amide bonds. The number of oxime groups is 1. The van der Waals surface area contributed by atoms with Crippen LogP contribution in [0.1, 0.15) is 17.2 Å². The third-order valence-electron chi connectivity index (χ3n) is 2.80. The molecular formula is C15H15ClN2O2. The molecule has 2 rings (SSSR count). The van der Waals surface area contributed by atoms with Gasteiger partial charge in [0.25, 0.3) is 0 Å². The van der Waals surface area contributed by atoms with Gasteiger partial charge in [0.15, 0.2) is 5.84 Å². The van der Waals surface area contributed by atoms with Gasteiger partial charge in [-0.15, -0.1) is 0 Å². The van der Waals surface area contributed by atoms with Crippen molar-refractivity contribution in [2.24, 2.45) is 10.9 Å². The Labute approximate surface area is 122 Å². The van der Waals surface area contributed by atoms with E-state index in [1.807, 2.05) is 42.5 Å². The summed E-state index contributed by atoms with van der Waals surface area (Å²) in [5, 5.41) is 12.2. The first-order valence-electron chi connectivity index (χ1n) is 6.09. The van der Waals surface area contributed by atoms with Crippen LogP contribution in [-0.4, -0.2) is 17.6 Å². The zero-order chi connectivity index (χ0) is 14.4. The van der Waals surface area contributed by atoms with E-state index in [4.69, 9.17) is 27.3 Å². The van der Waals surface area contributed by atoms with Crippen molar-refractivity contribution in [2.45, 2.75) is 6.10 Å². The van der Waals surface area contributed by atoms with Crippen molar-refractivity contribution >= 4 is 17.4 Å². The molecule has 0 aliphatic heterocycles. The second-order valence-electron chi connectivity index (χ2n) is 4.24. The number of halogens is 1. The molecule has 0 aliphatic carbocycles. The van der Waals surface area contributed by atoms with E-state index in [0.29, 0.717) is 5.02 Å². The third kappa shape index (κ3) is 3.73. The zero-order valence-corrected chi connectivity index (χ0v) is 11.5. The molecule has 3 N–H and O–H groups in total. The molecule has 1 atom stereocenters. The van der Waals surface area contributed by atoms with E-state index in [9.17, 15) is 0 Å². The minimum Gasteiger partial charge on any atom is -0.409 e. The highest BCUT2D eigenvalue weighted by atomic mass is 35.5. The Morgan fingerprint density at radius 3 is 2.30 bits per heavy atom. The normalized spacial score (nSPS) is 13.2. The first kappa shape index (κ1) is 14.4. The fourth-order valence-electron chi connectivity index (χ4n) is 1.85. The molecule has 20 heavy (non-hydrogen) atoms. The topological polar surface area (TPSA) is 67.8 Å². The quantitative estimate of drug-likeness (QED) is 0.384. The van der Waals surface area contributed by atoms with Crippen LogP contribution in [0.25, 0.3) is 0 Å². The van der Waals surface area contributed by atoms with Crippen LogP contribution in [0, 0.1) is 0 Å². The first-order chi connectivity index (χ1) is 9.70. The summed E-state index contributed by atoms with van der Waals surface area (Å²) in [5.41, 5.74) is 7.39. The molecule has 0 aromatic heterocycles. The SMILES string of the molecule is NC(COC(c1ccccc1)c1ccc(Cl)cc1)=NO. The molecule has 4 nitrogen and oxygen atoms in total. The van der Waals surface area contributed by atoms with Crippen LogP contribution in [0.5, 0.6) is 0 Å². The molecule has 0 heterocycles. The lowest BCUT2D eigenvalue weighted by Crippen LogP contribution is -2.21. The fourth-order valence-corrected chi connectivity index (χ4v) is 1.97. The van der Waals surface area contributed by atoms with Crippen molar-refractivity contribution in [1.82, 2.24) is 0 Å². The average molecular weight is 291 g/mol. The van der Waals surface area contributed by atoms with E-state index in [1.165, 1.54) is 0 Å². The van der Waals surface area contributed by atoms with Crippen molar-refractivity contribution in [3.05, 3.63) is 70.7 Å². The lowest BCUT2D eigenvalue weighted by Gasteiger charge is -2.18. The smallest absolute Gasteiger partial charge is 0.165 e. The van der Waals surface area contributed by atoms with E-state index >= 15 is 0 Å². The van der Waals surface area contributed by atoms with Crippen LogP contribution in [0.15, 0.2) is 59.8 Å². The molecule has 0 saturated heterocycles. The minimum atomic E-state index is -0.297. The van der Waals surface area contributed by atoms with Crippen molar-refractivity contribution in [1.29, 1.82) is 0 Å². The second-order valence-corrected chi connectivity index (χ2v) is 4.68. The number of ether oxygens (including phenoxy) is 1. The zero-order valence-electron chi connectivity index (χ0n) is 10.7. The van der Waals surface area contributed by atoms with Crippen LogP contribution >= 0.6 is 11.6 Å². The predicted octanol–water partition coefficient (Wildman–Crippen LogP) is 3.19. The van der Waals surface area contributed by atoms with Gasteiger partial charge in [0.05, 0.1) is 0 Å². The summed E-state index contributed by atoms with van der Waals surface area (Å²) >= 11 is 5.90. The molecule has 5 heteroatoms. The Balaban J connectivity index is 2.26. The second kappa shape index (κ2) is 6.93. The molecule has 0 fully saturated rings. The van der Waals surface area contributed by atoms with E-state index in [1.54, 1.807) is 12.1 Å². The Morgan fingerprint density at radius 1 is 1.10 bits per heavy atom. The van der Waals surface area contributed by atoms with Crippen LogP contribution in [0.3, 0.4) is 0 Å². The number of nitrogens with zero attached hydrogens (tertiary/aromatic N) is 1. The summed E-state index contributed by atoms with van der Waals surface area (Å²) in [6, 6.07) is 17.1. The maximum atomic E-state index is 8.59. The van der Waals surface area contributed by atoms with E-state index in [0.717, 1.165) is 11.1 Å². The Kier molecular flexibility index (Phi) is 4.98. The summed E-state index contributed by atoms with van der Waals surface area (Å²) in [5.74, 6) is 0.0277. The summed E-state index contributed by atoms with van der Waals surface area (Å²) in [6.45, 7) is 0.0404. The van der Waals surface area contributed by atoms with Gasteiger partial charge in [0, 0.05) is 5.02 Å². The monoisotopic (exact) mass is 290 g/mol. The molecule has 2 aromatic rings. The molecule has 0 saturated carbocycles. The van der Waals surface area contributed by atoms with Crippen LogP contribution in [-0.2, 0) is 4.74 Å². The summed E-state index contributed by atoms with van der Waals surface area (Å²) in [4.78, 5) is 0. The Bertz CT molecular complexity index is 570. The van der Waals surface area contributed by atoms with E-state index < -0.39 is 0 Å². The maximum absolute atomic E-state index is 8.59. The molecule has 0 bridgehead atoms. The molecule has 0 aliphatic rings. The largest absolute Gasteiger partial charge is 0.409 e. The highest BCUT2D eigenvalue weighted by Gasteiger charge is 2.15. The van der Waals surface area contributed by atoms with Gasteiger partial charge in [-0.2, -0.15) is 0 Å². The van der Waals surface area contributed by atoms with Crippen LogP contribution < -0.4 is 5.73 Å². The van der Waals surface area contributed by atoms with Crippen molar-refractivity contribution < 1.29 is 9.94 Å². The first-order valence-corrected chi connectivity index (χ1v) is 6.47. The van der Waals surface area contributed by atoms with Gasteiger partial charge in [-0.05, 0) is 23.3 Å². The molecular weight excluding hydrogens is 276 g/mol. The van der Waals surface area contributed by atoms with Gasteiger partial charge >= 0.3 is 0 Å².